The molecule has 0 fully saturated rings. The van der Waals surface area contributed by atoms with E-state index in [4.69, 9.17) is 4.74 Å². The van der Waals surface area contributed by atoms with Crippen molar-refractivity contribution < 1.29 is 4.74 Å². The van der Waals surface area contributed by atoms with Crippen molar-refractivity contribution in [3.8, 4) is 5.75 Å². The van der Waals surface area contributed by atoms with E-state index in [9.17, 15) is 0 Å². The number of rotatable bonds is 7. The molecule has 0 saturated heterocycles. The van der Waals surface area contributed by atoms with E-state index in [-0.39, 0.29) is 0 Å². The summed E-state index contributed by atoms with van der Waals surface area (Å²) in [5.41, 5.74) is 3.11. The fourth-order valence-corrected chi connectivity index (χ4v) is 2.35. The molecule has 0 saturated carbocycles. The van der Waals surface area contributed by atoms with E-state index in [2.05, 4.69) is 34.5 Å². The Labute approximate surface area is 134 Å². The minimum Gasteiger partial charge on any atom is -0.496 e. The van der Waals surface area contributed by atoms with Crippen molar-refractivity contribution in [3.05, 3.63) is 23.0 Å². The van der Waals surface area contributed by atoms with Crippen LogP contribution in [-0.2, 0) is 6.54 Å². The van der Waals surface area contributed by atoms with Crippen LogP contribution in [0.15, 0.2) is 11.2 Å². The Kier molecular flexibility index (Phi) is 7.71. The summed E-state index contributed by atoms with van der Waals surface area (Å²) in [4.78, 5) is 8.73. The molecule has 22 heavy (non-hydrogen) atoms. The van der Waals surface area contributed by atoms with Gasteiger partial charge in [0.15, 0.2) is 5.96 Å². The van der Waals surface area contributed by atoms with Gasteiger partial charge in [-0.05, 0) is 32.6 Å². The van der Waals surface area contributed by atoms with Crippen LogP contribution in [0.25, 0.3) is 0 Å². The molecule has 0 amide bonds. The Bertz CT molecular complexity index is 498. The van der Waals surface area contributed by atoms with Crippen molar-refractivity contribution in [1.82, 2.24) is 15.6 Å². The van der Waals surface area contributed by atoms with Crippen molar-refractivity contribution in [2.45, 2.75) is 47.1 Å². The van der Waals surface area contributed by atoms with Gasteiger partial charge in [0.2, 0.25) is 0 Å². The lowest BCUT2D eigenvalue weighted by atomic mass is 10.1. The highest BCUT2D eigenvalue weighted by atomic mass is 16.5. The average Bonchev–Trinajstić information content (AvgIpc) is 2.48. The monoisotopic (exact) mass is 306 g/mol. The number of methoxy groups -OCH3 is 1. The van der Waals surface area contributed by atoms with Gasteiger partial charge in [0.25, 0.3) is 0 Å². The molecule has 0 aliphatic heterocycles. The van der Waals surface area contributed by atoms with Gasteiger partial charge in [-0.3, -0.25) is 9.98 Å². The van der Waals surface area contributed by atoms with Gasteiger partial charge < -0.3 is 15.4 Å². The predicted octanol–water partition coefficient (Wildman–Crippen LogP) is 2.81. The number of hydrogen-bond donors (Lipinski definition) is 2. The Morgan fingerprint density at radius 2 is 2.05 bits per heavy atom. The Hall–Kier alpha value is -1.78. The van der Waals surface area contributed by atoms with Crippen LogP contribution in [-0.4, -0.2) is 31.6 Å². The van der Waals surface area contributed by atoms with Crippen LogP contribution in [0.2, 0.25) is 0 Å². The minimum atomic E-state index is 0.631. The van der Waals surface area contributed by atoms with Crippen LogP contribution >= 0.6 is 0 Å². The highest BCUT2D eigenvalue weighted by Gasteiger charge is 2.09. The second kappa shape index (κ2) is 9.28. The molecule has 0 unspecified atom stereocenters. The summed E-state index contributed by atoms with van der Waals surface area (Å²) in [6, 6.07) is 0. The number of aliphatic imine (C=N–C) groups is 1. The largest absolute Gasteiger partial charge is 0.496 e. The molecule has 0 aliphatic carbocycles. The van der Waals surface area contributed by atoms with Gasteiger partial charge in [-0.1, -0.05) is 13.8 Å². The SMILES string of the molecule is CN=C(NCCCC(C)C)NCc1ncc(C)c(OC)c1C. The van der Waals surface area contributed by atoms with E-state index in [1.54, 1.807) is 14.2 Å². The number of aromatic nitrogens is 1. The van der Waals surface area contributed by atoms with Crippen LogP contribution in [0, 0.1) is 19.8 Å². The maximum atomic E-state index is 5.44. The molecule has 1 rings (SSSR count). The van der Waals surface area contributed by atoms with Crippen LogP contribution in [0.4, 0.5) is 0 Å². The van der Waals surface area contributed by atoms with E-state index in [0.29, 0.717) is 6.54 Å². The lowest BCUT2D eigenvalue weighted by molar-refractivity contribution is 0.406. The summed E-state index contributed by atoms with van der Waals surface area (Å²) in [6.45, 7) is 10.1. The summed E-state index contributed by atoms with van der Waals surface area (Å²) in [5, 5.41) is 6.64. The summed E-state index contributed by atoms with van der Waals surface area (Å²) >= 11 is 0. The smallest absolute Gasteiger partial charge is 0.191 e. The number of hydrogen-bond acceptors (Lipinski definition) is 3. The van der Waals surface area contributed by atoms with E-state index in [0.717, 1.165) is 47.4 Å². The van der Waals surface area contributed by atoms with Gasteiger partial charge in [-0.2, -0.15) is 0 Å². The molecule has 0 spiro atoms. The lowest BCUT2D eigenvalue weighted by Gasteiger charge is -2.15. The van der Waals surface area contributed by atoms with Crippen molar-refractivity contribution in [1.29, 1.82) is 0 Å². The number of aryl methyl sites for hydroxylation is 1. The first-order valence-electron chi connectivity index (χ1n) is 7.93. The van der Waals surface area contributed by atoms with Crippen molar-refractivity contribution in [3.63, 3.8) is 0 Å². The molecule has 2 N–H and O–H groups in total. The number of pyridine rings is 1. The molecular formula is C17H30N4O. The quantitative estimate of drug-likeness (QED) is 0.462. The molecule has 124 valence electrons. The van der Waals surface area contributed by atoms with Crippen LogP contribution in [0.5, 0.6) is 5.75 Å². The Morgan fingerprint density at radius 1 is 1.32 bits per heavy atom. The fourth-order valence-electron chi connectivity index (χ4n) is 2.35. The first-order valence-corrected chi connectivity index (χ1v) is 7.93. The van der Waals surface area contributed by atoms with E-state index in [1.165, 1.54) is 6.42 Å². The summed E-state index contributed by atoms with van der Waals surface area (Å²) in [6.07, 6.45) is 4.22. The standard InChI is InChI=1S/C17H30N4O/c1-12(2)8-7-9-19-17(18-5)21-11-15-14(4)16(22-6)13(3)10-20-15/h10,12H,7-9,11H2,1-6H3,(H2,18,19,21). The summed E-state index contributed by atoms with van der Waals surface area (Å²) in [5.74, 6) is 2.46. The zero-order chi connectivity index (χ0) is 16.5. The first kappa shape index (κ1) is 18.3. The summed E-state index contributed by atoms with van der Waals surface area (Å²) in [7, 11) is 3.48. The van der Waals surface area contributed by atoms with Gasteiger partial charge in [0, 0.05) is 30.9 Å². The van der Waals surface area contributed by atoms with Gasteiger partial charge in [0.1, 0.15) is 5.75 Å². The maximum Gasteiger partial charge on any atom is 0.191 e. The third-order valence-electron chi connectivity index (χ3n) is 3.65. The zero-order valence-electron chi connectivity index (χ0n) is 14.8. The molecule has 0 radical (unpaired) electrons. The van der Waals surface area contributed by atoms with Gasteiger partial charge in [-0.25, -0.2) is 0 Å². The number of guanidine groups is 1. The van der Waals surface area contributed by atoms with Crippen molar-refractivity contribution in [2.24, 2.45) is 10.9 Å². The topological polar surface area (TPSA) is 58.5 Å². The molecule has 0 aromatic carbocycles. The van der Waals surface area contributed by atoms with Gasteiger partial charge in [-0.15, -0.1) is 0 Å². The number of ether oxygens (including phenoxy) is 1. The van der Waals surface area contributed by atoms with Crippen molar-refractivity contribution in [2.75, 3.05) is 20.7 Å². The molecule has 5 heteroatoms. The lowest BCUT2D eigenvalue weighted by Crippen LogP contribution is -2.37. The highest BCUT2D eigenvalue weighted by molar-refractivity contribution is 5.79. The third-order valence-corrected chi connectivity index (χ3v) is 3.65. The molecule has 1 aromatic rings. The van der Waals surface area contributed by atoms with Crippen LogP contribution < -0.4 is 15.4 Å². The second-order valence-corrected chi connectivity index (χ2v) is 5.93. The molecule has 1 heterocycles. The fraction of sp³-hybridized carbons (Fsp3) is 0.647. The molecule has 0 aliphatic rings. The predicted molar refractivity (Wildman–Crippen MR) is 92.5 cm³/mol. The molecule has 5 nitrogen and oxygen atoms in total. The molecule has 0 bridgehead atoms. The minimum absolute atomic E-state index is 0.631. The zero-order valence-corrected chi connectivity index (χ0v) is 14.8. The second-order valence-electron chi connectivity index (χ2n) is 5.93. The van der Waals surface area contributed by atoms with Gasteiger partial charge in [0.05, 0.1) is 19.3 Å². The van der Waals surface area contributed by atoms with Crippen LogP contribution in [0.1, 0.15) is 43.5 Å². The average molecular weight is 306 g/mol. The van der Waals surface area contributed by atoms with E-state index >= 15 is 0 Å². The molecule has 1 aromatic heterocycles. The molecule has 0 atom stereocenters. The number of nitrogens with one attached hydrogen (secondary N) is 2. The maximum absolute atomic E-state index is 5.44. The first-order chi connectivity index (χ1) is 10.5. The van der Waals surface area contributed by atoms with E-state index < -0.39 is 0 Å². The number of nitrogens with zero attached hydrogens (tertiary/aromatic N) is 2. The third kappa shape index (κ3) is 5.54. The molecular weight excluding hydrogens is 276 g/mol. The van der Waals surface area contributed by atoms with Crippen LogP contribution in [0.3, 0.4) is 0 Å². The Balaban J connectivity index is 2.53. The van der Waals surface area contributed by atoms with Crippen molar-refractivity contribution >= 4 is 5.96 Å². The normalized spacial score (nSPS) is 11.7. The Morgan fingerprint density at radius 3 is 2.64 bits per heavy atom. The highest BCUT2D eigenvalue weighted by Crippen LogP contribution is 2.23. The summed E-state index contributed by atoms with van der Waals surface area (Å²) < 4.78 is 5.44. The van der Waals surface area contributed by atoms with Gasteiger partial charge >= 0.3 is 0 Å². The van der Waals surface area contributed by atoms with E-state index in [1.807, 2.05) is 20.0 Å².